The van der Waals surface area contributed by atoms with Gasteiger partial charge < -0.3 is 19.0 Å². The van der Waals surface area contributed by atoms with Crippen LogP contribution in [0.25, 0.3) is 0 Å². The highest BCUT2D eigenvalue weighted by atomic mass is 16.5. The Morgan fingerprint density at radius 3 is 2.55 bits per heavy atom. The van der Waals surface area contributed by atoms with Crippen LogP contribution in [0, 0.1) is 5.41 Å². The fourth-order valence-corrected chi connectivity index (χ4v) is 2.17. The molecule has 1 unspecified atom stereocenters. The van der Waals surface area contributed by atoms with Crippen molar-refractivity contribution >= 4 is 12.1 Å². The summed E-state index contributed by atoms with van der Waals surface area (Å²) < 4.78 is 16.2. The molecule has 0 radical (unpaired) electrons. The third-order valence-electron chi connectivity index (χ3n) is 3.55. The Labute approximate surface area is 117 Å². The van der Waals surface area contributed by atoms with E-state index < -0.39 is 11.5 Å². The average Bonchev–Trinajstić information content (AvgIpc) is 2.45. The number of ketones is 1. The van der Waals surface area contributed by atoms with Crippen molar-refractivity contribution in [3.05, 3.63) is 17.7 Å². The highest BCUT2D eigenvalue weighted by Gasteiger charge is 2.39. The van der Waals surface area contributed by atoms with Gasteiger partial charge in [-0.2, -0.15) is 0 Å². The van der Waals surface area contributed by atoms with Gasteiger partial charge >= 0.3 is 0 Å². The summed E-state index contributed by atoms with van der Waals surface area (Å²) in [6.07, 6.45) is 0.478. The van der Waals surface area contributed by atoms with Gasteiger partial charge in [-0.3, -0.25) is 4.79 Å². The van der Waals surface area contributed by atoms with E-state index in [9.17, 15) is 9.59 Å². The fourth-order valence-electron chi connectivity index (χ4n) is 2.17. The Morgan fingerprint density at radius 2 is 2.00 bits per heavy atom. The lowest BCUT2D eigenvalue weighted by Crippen LogP contribution is -2.40. The van der Waals surface area contributed by atoms with Crippen LogP contribution in [0.3, 0.4) is 0 Å². The van der Waals surface area contributed by atoms with Crippen molar-refractivity contribution in [3.63, 3.8) is 0 Å². The zero-order valence-electron chi connectivity index (χ0n) is 12.1. The minimum atomic E-state index is -0.732. The first kappa shape index (κ1) is 14.4. The molecule has 0 bridgehead atoms. The third kappa shape index (κ3) is 2.35. The van der Waals surface area contributed by atoms with Crippen molar-refractivity contribution in [3.8, 4) is 17.2 Å². The van der Waals surface area contributed by atoms with E-state index in [1.54, 1.807) is 26.0 Å². The maximum absolute atomic E-state index is 12.3. The number of rotatable bonds is 4. The molecule has 0 spiro atoms. The van der Waals surface area contributed by atoms with E-state index in [1.165, 1.54) is 14.2 Å². The van der Waals surface area contributed by atoms with Crippen LogP contribution in [0.15, 0.2) is 12.1 Å². The van der Waals surface area contributed by atoms with Gasteiger partial charge in [-0.15, -0.1) is 0 Å². The van der Waals surface area contributed by atoms with Crippen LogP contribution in [-0.4, -0.2) is 32.4 Å². The minimum absolute atomic E-state index is 0.0920. The largest absolute Gasteiger partial charge is 0.496 e. The van der Waals surface area contributed by atoms with Crippen molar-refractivity contribution in [2.24, 2.45) is 5.41 Å². The molecule has 5 heteroatoms. The van der Waals surface area contributed by atoms with Crippen molar-refractivity contribution in [1.82, 2.24) is 0 Å². The van der Waals surface area contributed by atoms with Gasteiger partial charge in [-0.05, 0) is 13.8 Å². The molecule has 1 atom stereocenters. The molecule has 1 aliphatic heterocycles. The second-order valence-corrected chi connectivity index (χ2v) is 5.38. The number of Topliss-reactive ketones (excluding diaryl/α,β-unsaturated/α-hetero) is 1. The van der Waals surface area contributed by atoms with Crippen LogP contribution >= 0.6 is 0 Å². The second kappa shape index (κ2) is 5.15. The average molecular weight is 278 g/mol. The maximum Gasteiger partial charge on any atom is 0.174 e. The van der Waals surface area contributed by atoms with Gasteiger partial charge in [0.2, 0.25) is 0 Å². The van der Waals surface area contributed by atoms with Crippen molar-refractivity contribution < 1.29 is 23.8 Å². The van der Waals surface area contributed by atoms with Crippen molar-refractivity contribution in [1.29, 1.82) is 0 Å². The first-order valence-corrected chi connectivity index (χ1v) is 6.35. The van der Waals surface area contributed by atoms with Crippen molar-refractivity contribution in [2.45, 2.75) is 26.4 Å². The summed E-state index contributed by atoms with van der Waals surface area (Å²) in [4.78, 5) is 23.5. The van der Waals surface area contributed by atoms with Crippen LogP contribution in [0.1, 0.15) is 30.6 Å². The predicted molar refractivity (Wildman–Crippen MR) is 72.8 cm³/mol. The molecular weight excluding hydrogens is 260 g/mol. The molecule has 0 aromatic heterocycles. The zero-order chi connectivity index (χ0) is 14.9. The Balaban J connectivity index is 2.49. The van der Waals surface area contributed by atoms with Crippen molar-refractivity contribution in [2.75, 3.05) is 14.2 Å². The lowest BCUT2D eigenvalue weighted by Gasteiger charge is -2.34. The molecule has 1 heterocycles. The SMILES string of the molecule is COc1cc(OC)c2c(c1)OC(C(C)(C)C=O)CC2=O. The number of ether oxygens (including phenoxy) is 3. The molecule has 108 valence electrons. The molecule has 2 rings (SSSR count). The summed E-state index contributed by atoms with van der Waals surface area (Å²) in [6.45, 7) is 3.50. The molecule has 0 saturated heterocycles. The molecule has 5 nitrogen and oxygen atoms in total. The Bertz CT molecular complexity index is 547. The second-order valence-electron chi connectivity index (χ2n) is 5.38. The van der Waals surface area contributed by atoms with Gasteiger partial charge in [0.15, 0.2) is 5.78 Å². The van der Waals surface area contributed by atoms with Crippen LogP contribution in [0.4, 0.5) is 0 Å². The lowest BCUT2D eigenvalue weighted by atomic mass is 9.82. The molecule has 0 amide bonds. The quantitative estimate of drug-likeness (QED) is 0.791. The normalized spacial score (nSPS) is 18.0. The smallest absolute Gasteiger partial charge is 0.174 e. The predicted octanol–water partition coefficient (Wildman–Crippen LogP) is 2.26. The Morgan fingerprint density at radius 1 is 1.30 bits per heavy atom. The van der Waals surface area contributed by atoms with E-state index in [4.69, 9.17) is 14.2 Å². The summed E-state index contributed by atoms with van der Waals surface area (Å²) in [5, 5.41) is 0. The monoisotopic (exact) mass is 278 g/mol. The summed E-state index contributed by atoms with van der Waals surface area (Å²) >= 11 is 0. The molecule has 0 fully saturated rings. The maximum atomic E-state index is 12.3. The van der Waals surface area contributed by atoms with E-state index in [1.807, 2.05) is 0 Å². The van der Waals surface area contributed by atoms with E-state index in [0.29, 0.717) is 22.8 Å². The van der Waals surface area contributed by atoms with E-state index in [-0.39, 0.29) is 12.2 Å². The van der Waals surface area contributed by atoms with Crippen LogP contribution in [-0.2, 0) is 4.79 Å². The first-order chi connectivity index (χ1) is 9.42. The number of hydrogen-bond donors (Lipinski definition) is 0. The molecule has 1 aromatic rings. The van der Waals surface area contributed by atoms with Gasteiger partial charge in [0.25, 0.3) is 0 Å². The molecule has 1 aliphatic rings. The number of methoxy groups -OCH3 is 2. The van der Waals surface area contributed by atoms with Gasteiger partial charge in [-0.25, -0.2) is 0 Å². The third-order valence-corrected chi connectivity index (χ3v) is 3.55. The number of benzene rings is 1. The van der Waals surface area contributed by atoms with Gasteiger partial charge in [0.05, 0.1) is 19.6 Å². The Hall–Kier alpha value is -2.04. The highest BCUT2D eigenvalue weighted by molar-refractivity contribution is 6.03. The molecule has 0 saturated carbocycles. The van der Waals surface area contributed by atoms with Crippen LogP contribution < -0.4 is 14.2 Å². The van der Waals surface area contributed by atoms with Gasteiger partial charge in [0.1, 0.15) is 35.2 Å². The molecular formula is C15H18O5. The zero-order valence-corrected chi connectivity index (χ0v) is 12.1. The molecule has 1 aromatic carbocycles. The highest BCUT2D eigenvalue weighted by Crippen LogP contribution is 2.41. The first-order valence-electron chi connectivity index (χ1n) is 6.35. The summed E-state index contributed by atoms with van der Waals surface area (Å²) in [5.74, 6) is 1.27. The van der Waals surface area contributed by atoms with Crippen LogP contribution in [0.5, 0.6) is 17.2 Å². The van der Waals surface area contributed by atoms with Gasteiger partial charge in [-0.1, -0.05) is 0 Å². The summed E-state index contributed by atoms with van der Waals surface area (Å²) in [5.41, 5.74) is -0.324. The summed E-state index contributed by atoms with van der Waals surface area (Å²) in [7, 11) is 3.02. The number of carbonyl (C=O) groups is 2. The number of hydrogen-bond acceptors (Lipinski definition) is 5. The molecule has 20 heavy (non-hydrogen) atoms. The van der Waals surface area contributed by atoms with E-state index in [0.717, 1.165) is 6.29 Å². The standard InChI is InChI=1S/C15H18O5/c1-15(2,8-16)13-7-10(17)14-11(19-4)5-9(18-3)6-12(14)20-13/h5-6,8,13H,7H2,1-4H3. The van der Waals surface area contributed by atoms with Crippen LogP contribution in [0.2, 0.25) is 0 Å². The summed E-state index contributed by atoms with van der Waals surface area (Å²) in [6, 6.07) is 3.29. The fraction of sp³-hybridized carbons (Fsp3) is 0.467. The minimum Gasteiger partial charge on any atom is -0.496 e. The van der Waals surface area contributed by atoms with E-state index in [2.05, 4.69) is 0 Å². The number of fused-ring (bicyclic) bond motifs is 1. The molecule has 0 N–H and O–H groups in total. The lowest BCUT2D eigenvalue weighted by molar-refractivity contribution is -0.119. The molecule has 0 aliphatic carbocycles. The Kier molecular flexibility index (Phi) is 3.70. The van der Waals surface area contributed by atoms with Gasteiger partial charge in [0, 0.05) is 18.6 Å². The number of aldehydes is 1. The topological polar surface area (TPSA) is 61.8 Å². The van der Waals surface area contributed by atoms with E-state index >= 15 is 0 Å². The number of carbonyl (C=O) groups excluding carboxylic acids is 2.